The fourth-order valence-corrected chi connectivity index (χ4v) is 3.81. The molecule has 4 heterocycles. The number of rotatable bonds is 5. The Hall–Kier alpha value is -2.47. The van der Waals surface area contributed by atoms with Gasteiger partial charge in [-0.1, -0.05) is 6.07 Å². The minimum Gasteiger partial charge on any atom is -0.370 e. The minimum atomic E-state index is 0.661. The molecule has 26 heavy (non-hydrogen) atoms. The second-order valence-corrected chi connectivity index (χ2v) is 7.36. The van der Waals surface area contributed by atoms with Crippen molar-refractivity contribution in [1.82, 2.24) is 24.6 Å². The number of nitrogens with zero attached hydrogens (tertiary/aromatic N) is 5. The normalized spacial score (nSPS) is 17.9. The van der Waals surface area contributed by atoms with E-state index >= 15 is 0 Å². The van der Waals surface area contributed by atoms with Crippen LogP contribution in [0.5, 0.6) is 0 Å². The summed E-state index contributed by atoms with van der Waals surface area (Å²) in [7, 11) is 1.95. The third-order valence-electron chi connectivity index (χ3n) is 5.16. The standard InChI is InChI=1S/C20H26N6/c1-14-5-4-6-19(23-14)21-10-16-7-8-26(12-16)13-17-9-18-15(2)24-25(3)20(18)22-11-17/h4-6,9,11,16H,7-8,10,12-13H2,1-3H3,(H,21,23)/t16-/m1/s1. The van der Waals surface area contributed by atoms with Gasteiger partial charge in [0.1, 0.15) is 5.82 Å². The lowest BCUT2D eigenvalue weighted by molar-refractivity contribution is 0.318. The Morgan fingerprint density at radius 1 is 1.27 bits per heavy atom. The van der Waals surface area contributed by atoms with Gasteiger partial charge in [-0.15, -0.1) is 0 Å². The summed E-state index contributed by atoms with van der Waals surface area (Å²) < 4.78 is 1.85. The van der Waals surface area contributed by atoms with Gasteiger partial charge in [0, 0.05) is 44.0 Å². The van der Waals surface area contributed by atoms with Gasteiger partial charge in [-0.25, -0.2) is 9.97 Å². The first kappa shape index (κ1) is 17.0. The zero-order chi connectivity index (χ0) is 18.1. The van der Waals surface area contributed by atoms with Crippen LogP contribution >= 0.6 is 0 Å². The molecule has 1 saturated heterocycles. The Morgan fingerprint density at radius 3 is 3.00 bits per heavy atom. The fraction of sp³-hybridized carbons (Fsp3) is 0.450. The van der Waals surface area contributed by atoms with Crippen LogP contribution in [-0.4, -0.2) is 44.3 Å². The largest absolute Gasteiger partial charge is 0.370 e. The maximum absolute atomic E-state index is 4.60. The van der Waals surface area contributed by atoms with Gasteiger partial charge in [-0.2, -0.15) is 5.10 Å². The number of nitrogens with one attached hydrogen (secondary N) is 1. The maximum atomic E-state index is 4.60. The summed E-state index contributed by atoms with van der Waals surface area (Å²) in [6, 6.07) is 8.36. The third kappa shape index (κ3) is 3.55. The van der Waals surface area contributed by atoms with E-state index in [9.17, 15) is 0 Å². The zero-order valence-electron chi connectivity index (χ0n) is 15.7. The van der Waals surface area contributed by atoms with Crippen molar-refractivity contribution >= 4 is 16.9 Å². The first-order valence-electron chi connectivity index (χ1n) is 9.26. The van der Waals surface area contributed by atoms with Gasteiger partial charge in [-0.3, -0.25) is 9.58 Å². The quantitative estimate of drug-likeness (QED) is 0.767. The Balaban J connectivity index is 1.35. The summed E-state index contributed by atoms with van der Waals surface area (Å²) in [4.78, 5) is 11.6. The molecule has 136 valence electrons. The van der Waals surface area contributed by atoms with Gasteiger partial charge in [0.15, 0.2) is 5.65 Å². The van der Waals surface area contributed by atoms with E-state index in [2.05, 4.69) is 37.4 Å². The molecule has 0 spiro atoms. The number of likely N-dealkylation sites (tertiary alicyclic amines) is 1. The smallest absolute Gasteiger partial charge is 0.157 e. The molecule has 1 aliphatic heterocycles. The number of aromatic nitrogens is 4. The molecular formula is C20H26N6. The molecule has 4 rings (SSSR count). The van der Waals surface area contributed by atoms with Crippen molar-refractivity contribution in [3.05, 3.63) is 47.4 Å². The molecule has 1 fully saturated rings. The molecule has 0 aliphatic carbocycles. The van der Waals surface area contributed by atoms with Crippen molar-refractivity contribution in [3.8, 4) is 0 Å². The van der Waals surface area contributed by atoms with Gasteiger partial charge >= 0.3 is 0 Å². The zero-order valence-corrected chi connectivity index (χ0v) is 15.7. The molecular weight excluding hydrogens is 324 g/mol. The summed E-state index contributed by atoms with van der Waals surface area (Å²) in [5, 5.41) is 9.11. The van der Waals surface area contributed by atoms with Crippen molar-refractivity contribution in [1.29, 1.82) is 0 Å². The van der Waals surface area contributed by atoms with E-state index in [0.717, 1.165) is 54.4 Å². The topological polar surface area (TPSA) is 58.9 Å². The third-order valence-corrected chi connectivity index (χ3v) is 5.16. The molecule has 1 aliphatic rings. The number of anilines is 1. The molecule has 1 atom stereocenters. The van der Waals surface area contributed by atoms with Crippen molar-refractivity contribution in [3.63, 3.8) is 0 Å². The summed E-state index contributed by atoms with van der Waals surface area (Å²) in [6.45, 7) is 8.25. The SMILES string of the molecule is Cc1cccc(NC[C@H]2CCN(Cc3cnc4c(c3)c(C)nn4C)C2)n1. The second kappa shape index (κ2) is 7.03. The van der Waals surface area contributed by atoms with Crippen molar-refractivity contribution < 1.29 is 0 Å². The molecule has 6 nitrogen and oxygen atoms in total. The first-order valence-corrected chi connectivity index (χ1v) is 9.26. The lowest BCUT2D eigenvalue weighted by Gasteiger charge is -2.16. The average Bonchev–Trinajstić information content (AvgIpc) is 3.18. The van der Waals surface area contributed by atoms with E-state index in [1.54, 1.807) is 0 Å². The summed E-state index contributed by atoms with van der Waals surface area (Å²) >= 11 is 0. The average molecular weight is 350 g/mol. The highest BCUT2D eigenvalue weighted by Crippen LogP contribution is 2.22. The monoisotopic (exact) mass is 350 g/mol. The Morgan fingerprint density at radius 2 is 2.15 bits per heavy atom. The highest BCUT2D eigenvalue weighted by molar-refractivity contribution is 5.78. The second-order valence-electron chi connectivity index (χ2n) is 7.36. The number of fused-ring (bicyclic) bond motifs is 1. The Bertz CT molecular complexity index is 916. The van der Waals surface area contributed by atoms with E-state index in [-0.39, 0.29) is 0 Å². The van der Waals surface area contributed by atoms with Gasteiger partial charge < -0.3 is 5.32 Å². The lowest BCUT2D eigenvalue weighted by Crippen LogP contribution is -2.23. The van der Waals surface area contributed by atoms with Gasteiger partial charge in [-0.05, 0) is 56.5 Å². The van der Waals surface area contributed by atoms with Crippen LogP contribution in [0.2, 0.25) is 0 Å². The lowest BCUT2D eigenvalue weighted by atomic mass is 10.1. The van der Waals surface area contributed by atoms with Crippen molar-refractivity contribution in [2.45, 2.75) is 26.8 Å². The molecule has 0 aromatic carbocycles. The molecule has 6 heteroatoms. The maximum Gasteiger partial charge on any atom is 0.157 e. The van der Waals surface area contributed by atoms with Crippen LogP contribution in [0.4, 0.5) is 5.82 Å². The van der Waals surface area contributed by atoms with Crippen LogP contribution < -0.4 is 5.32 Å². The number of hydrogen-bond donors (Lipinski definition) is 1. The van der Waals surface area contributed by atoms with E-state index < -0.39 is 0 Å². The fourth-order valence-electron chi connectivity index (χ4n) is 3.81. The molecule has 0 amide bonds. The van der Waals surface area contributed by atoms with Crippen LogP contribution in [0.1, 0.15) is 23.4 Å². The van der Waals surface area contributed by atoms with Crippen molar-refractivity contribution in [2.24, 2.45) is 13.0 Å². The van der Waals surface area contributed by atoms with E-state index in [4.69, 9.17) is 0 Å². The molecule has 3 aromatic rings. The van der Waals surface area contributed by atoms with Crippen LogP contribution in [0, 0.1) is 19.8 Å². The Kier molecular flexibility index (Phi) is 4.59. The van der Waals surface area contributed by atoms with Crippen LogP contribution in [-0.2, 0) is 13.6 Å². The molecule has 0 unspecified atom stereocenters. The number of pyridine rings is 2. The van der Waals surface area contributed by atoms with Crippen LogP contribution in [0.3, 0.4) is 0 Å². The summed E-state index contributed by atoms with van der Waals surface area (Å²) in [6.07, 6.45) is 3.21. The minimum absolute atomic E-state index is 0.661. The van der Waals surface area contributed by atoms with E-state index in [1.165, 1.54) is 12.0 Å². The highest BCUT2D eigenvalue weighted by atomic mass is 15.3. The van der Waals surface area contributed by atoms with Gasteiger partial charge in [0.2, 0.25) is 0 Å². The first-order chi connectivity index (χ1) is 12.6. The number of aryl methyl sites for hydroxylation is 3. The predicted molar refractivity (Wildman–Crippen MR) is 104 cm³/mol. The van der Waals surface area contributed by atoms with E-state index in [1.807, 2.05) is 43.9 Å². The number of hydrogen-bond acceptors (Lipinski definition) is 5. The summed E-state index contributed by atoms with van der Waals surface area (Å²) in [5.41, 5.74) is 4.32. The molecule has 0 radical (unpaired) electrons. The molecule has 0 bridgehead atoms. The van der Waals surface area contributed by atoms with Gasteiger partial charge in [0.25, 0.3) is 0 Å². The Labute approximate surface area is 154 Å². The predicted octanol–water partition coefficient (Wildman–Crippen LogP) is 2.91. The van der Waals surface area contributed by atoms with E-state index in [0.29, 0.717) is 5.92 Å². The summed E-state index contributed by atoms with van der Waals surface area (Å²) in [5.74, 6) is 1.64. The van der Waals surface area contributed by atoms with Gasteiger partial charge in [0.05, 0.1) is 5.69 Å². The van der Waals surface area contributed by atoms with Crippen LogP contribution in [0.25, 0.3) is 11.0 Å². The van der Waals surface area contributed by atoms with Crippen molar-refractivity contribution in [2.75, 3.05) is 25.0 Å². The highest BCUT2D eigenvalue weighted by Gasteiger charge is 2.22. The van der Waals surface area contributed by atoms with Crippen LogP contribution in [0.15, 0.2) is 30.5 Å². The molecule has 0 saturated carbocycles. The molecule has 3 aromatic heterocycles. The molecule has 1 N–H and O–H groups in total.